The first-order valence-corrected chi connectivity index (χ1v) is 13.7. The van der Waals surface area contributed by atoms with E-state index in [0.29, 0.717) is 0 Å². The number of allylic oxidation sites excluding steroid dienone is 2. The minimum Gasteiger partial charge on any atom is -0.494 e. The van der Waals surface area contributed by atoms with Crippen molar-refractivity contribution in [3.8, 4) is 5.75 Å². The molecule has 1 saturated carbocycles. The minimum absolute atomic E-state index is 0.855. The van der Waals surface area contributed by atoms with Crippen LogP contribution in [0.1, 0.15) is 116 Å². The van der Waals surface area contributed by atoms with Crippen LogP contribution in [-0.4, -0.2) is 6.61 Å². The van der Waals surface area contributed by atoms with Gasteiger partial charge in [0.15, 0.2) is 0 Å². The van der Waals surface area contributed by atoms with Crippen LogP contribution in [-0.2, 0) is 6.42 Å². The van der Waals surface area contributed by atoms with E-state index in [1.807, 2.05) is 0 Å². The second kappa shape index (κ2) is 14.0. The molecule has 1 heteroatoms. The molecule has 174 valence electrons. The van der Waals surface area contributed by atoms with Crippen LogP contribution >= 0.6 is 0 Å². The first kappa shape index (κ1) is 24.4. The maximum Gasteiger partial charge on any atom is 0.119 e. The Morgan fingerprint density at radius 1 is 0.774 bits per heavy atom. The van der Waals surface area contributed by atoms with E-state index in [9.17, 15) is 0 Å². The predicted molar refractivity (Wildman–Crippen MR) is 135 cm³/mol. The van der Waals surface area contributed by atoms with E-state index in [1.165, 1.54) is 108 Å². The van der Waals surface area contributed by atoms with Crippen molar-refractivity contribution >= 4 is 0 Å². The molecule has 2 aliphatic carbocycles. The number of rotatable bonds is 13. The molecule has 1 unspecified atom stereocenters. The maximum absolute atomic E-state index is 5.89. The molecule has 0 bridgehead atoms. The van der Waals surface area contributed by atoms with Crippen LogP contribution in [0.2, 0.25) is 0 Å². The predicted octanol–water partition coefficient (Wildman–Crippen LogP) is 9.30. The Bertz CT molecular complexity index is 620. The molecule has 1 aromatic rings. The smallest absolute Gasteiger partial charge is 0.119 e. The molecule has 0 aromatic heterocycles. The molecule has 0 saturated heterocycles. The fourth-order valence-electron chi connectivity index (χ4n) is 5.78. The van der Waals surface area contributed by atoms with Crippen LogP contribution in [0.5, 0.6) is 5.75 Å². The highest BCUT2D eigenvalue weighted by Crippen LogP contribution is 2.41. The van der Waals surface area contributed by atoms with Gasteiger partial charge in [-0.15, -0.1) is 0 Å². The highest BCUT2D eigenvalue weighted by molar-refractivity contribution is 5.28. The van der Waals surface area contributed by atoms with Gasteiger partial charge in [-0.1, -0.05) is 89.0 Å². The molecule has 1 aromatic carbocycles. The molecule has 0 radical (unpaired) electrons. The summed E-state index contributed by atoms with van der Waals surface area (Å²) in [4.78, 5) is 0. The average Bonchev–Trinajstić information content (AvgIpc) is 2.83. The summed E-state index contributed by atoms with van der Waals surface area (Å²) in [5.41, 5.74) is 3.16. The monoisotopic (exact) mass is 424 g/mol. The van der Waals surface area contributed by atoms with E-state index in [0.717, 1.165) is 30.1 Å². The Balaban J connectivity index is 1.32. The molecule has 0 spiro atoms. The molecular weight excluding hydrogens is 376 g/mol. The Morgan fingerprint density at radius 2 is 1.55 bits per heavy atom. The second-order valence-electron chi connectivity index (χ2n) is 10.4. The number of hydrogen-bond donors (Lipinski definition) is 0. The van der Waals surface area contributed by atoms with Gasteiger partial charge in [-0.2, -0.15) is 0 Å². The zero-order chi connectivity index (χ0) is 21.7. The lowest BCUT2D eigenvalue weighted by Gasteiger charge is -2.35. The quantitative estimate of drug-likeness (QED) is 0.226. The molecule has 1 fully saturated rings. The number of unbranched alkanes of at least 4 members (excludes halogenated alkanes) is 4. The lowest BCUT2D eigenvalue weighted by Crippen LogP contribution is -2.23. The normalized spacial score (nSPS) is 24.1. The third kappa shape index (κ3) is 8.66. The largest absolute Gasteiger partial charge is 0.494 e. The summed E-state index contributed by atoms with van der Waals surface area (Å²) in [5.74, 6) is 4.07. The maximum atomic E-state index is 5.89. The van der Waals surface area contributed by atoms with Crippen LogP contribution in [0, 0.1) is 17.8 Å². The summed E-state index contributed by atoms with van der Waals surface area (Å²) in [5, 5.41) is 0. The van der Waals surface area contributed by atoms with Crippen molar-refractivity contribution in [1.82, 2.24) is 0 Å². The Labute approximate surface area is 193 Å². The standard InChI is InChI=1S/C30H48O/c1-3-5-7-8-24-31-30-22-16-27(17-23-30)11-10-26-14-20-29(21-15-26)28-18-12-25(13-19-28)9-6-4-2/h14,16-17,22-23,25,28-29H,3-13,15,18-21,24H2,1-2H3. The van der Waals surface area contributed by atoms with Crippen LogP contribution in [0.4, 0.5) is 0 Å². The van der Waals surface area contributed by atoms with Crippen LogP contribution in [0.15, 0.2) is 35.9 Å². The van der Waals surface area contributed by atoms with Crippen LogP contribution in [0.3, 0.4) is 0 Å². The third-order valence-corrected chi connectivity index (χ3v) is 7.99. The molecule has 1 nitrogen and oxygen atoms in total. The summed E-state index contributed by atoms with van der Waals surface area (Å²) < 4.78 is 5.89. The lowest BCUT2D eigenvalue weighted by atomic mass is 9.70. The van der Waals surface area contributed by atoms with Gasteiger partial charge in [0.2, 0.25) is 0 Å². The fourth-order valence-corrected chi connectivity index (χ4v) is 5.78. The molecule has 0 heterocycles. The minimum atomic E-state index is 0.855. The first-order chi connectivity index (χ1) is 15.3. The van der Waals surface area contributed by atoms with Gasteiger partial charge in [-0.3, -0.25) is 0 Å². The van der Waals surface area contributed by atoms with Crippen LogP contribution in [0.25, 0.3) is 0 Å². The summed E-state index contributed by atoms with van der Waals surface area (Å²) >= 11 is 0. The van der Waals surface area contributed by atoms with Gasteiger partial charge in [0.25, 0.3) is 0 Å². The van der Waals surface area contributed by atoms with E-state index >= 15 is 0 Å². The van der Waals surface area contributed by atoms with Crippen molar-refractivity contribution in [3.05, 3.63) is 41.5 Å². The van der Waals surface area contributed by atoms with Crippen molar-refractivity contribution in [1.29, 1.82) is 0 Å². The Kier molecular flexibility index (Phi) is 11.0. The summed E-state index contributed by atoms with van der Waals surface area (Å²) in [6.45, 7) is 5.44. The van der Waals surface area contributed by atoms with E-state index in [4.69, 9.17) is 4.74 Å². The Morgan fingerprint density at radius 3 is 2.23 bits per heavy atom. The van der Waals surface area contributed by atoms with E-state index < -0.39 is 0 Å². The second-order valence-corrected chi connectivity index (χ2v) is 10.4. The van der Waals surface area contributed by atoms with Gasteiger partial charge >= 0.3 is 0 Å². The number of hydrogen-bond acceptors (Lipinski definition) is 1. The zero-order valence-corrected chi connectivity index (χ0v) is 20.5. The molecule has 1 atom stereocenters. The Hall–Kier alpha value is -1.24. The number of benzene rings is 1. The molecule has 0 aliphatic heterocycles. The summed E-state index contributed by atoms with van der Waals surface area (Å²) in [6, 6.07) is 8.86. The molecule has 0 N–H and O–H groups in total. The van der Waals surface area contributed by atoms with Gasteiger partial charge < -0.3 is 4.74 Å². The first-order valence-electron chi connectivity index (χ1n) is 13.7. The molecule has 31 heavy (non-hydrogen) atoms. The third-order valence-electron chi connectivity index (χ3n) is 7.99. The topological polar surface area (TPSA) is 9.23 Å². The number of ether oxygens (including phenoxy) is 1. The fraction of sp³-hybridized carbons (Fsp3) is 0.733. The number of aryl methyl sites for hydroxylation is 1. The molecular formula is C30H48O. The average molecular weight is 425 g/mol. The van der Waals surface area contributed by atoms with Crippen molar-refractivity contribution in [3.63, 3.8) is 0 Å². The van der Waals surface area contributed by atoms with Gasteiger partial charge in [0, 0.05) is 0 Å². The summed E-state index contributed by atoms with van der Waals surface area (Å²) in [7, 11) is 0. The van der Waals surface area contributed by atoms with E-state index in [-0.39, 0.29) is 0 Å². The SMILES string of the molecule is CCCCCCOc1ccc(CCC2=CCC(C3CCC(CCCC)CC3)CC2)cc1. The van der Waals surface area contributed by atoms with Gasteiger partial charge in [0.1, 0.15) is 5.75 Å². The molecule has 0 amide bonds. The van der Waals surface area contributed by atoms with Gasteiger partial charge in [0.05, 0.1) is 6.61 Å². The highest BCUT2D eigenvalue weighted by atomic mass is 16.5. The van der Waals surface area contributed by atoms with Crippen molar-refractivity contribution < 1.29 is 4.74 Å². The van der Waals surface area contributed by atoms with Crippen molar-refractivity contribution in [2.24, 2.45) is 17.8 Å². The van der Waals surface area contributed by atoms with Crippen molar-refractivity contribution in [2.75, 3.05) is 6.61 Å². The lowest BCUT2D eigenvalue weighted by molar-refractivity contribution is 0.185. The molecule has 2 aliphatic rings. The van der Waals surface area contributed by atoms with E-state index in [2.05, 4.69) is 44.2 Å². The molecule has 3 rings (SSSR count). The highest BCUT2D eigenvalue weighted by Gasteiger charge is 2.28. The summed E-state index contributed by atoms with van der Waals surface area (Å²) in [6.07, 6.45) is 24.6. The van der Waals surface area contributed by atoms with Gasteiger partial charge in [-0.25, -0.2) is 0 Å². The van der Waals surface area contributed by atoms with Crippen LogP contribution < -0.4 is 4.74 Å². The zero-order valence-electron chi connectivity index (χ0n) is 20.5. The van der Waals surface area contributed by atoms with Gasteiger partial charge in [-0.05, 0) is 86.8 Å². The van der Waals surface area contributed by atoms with E-state index in [1.54, 1.807) is 5.57 Å². The van der Waals surface area contributed by atoms with Crippen molar-refractivity contribution in [2.45, 2.75) is 117 Å².